The van der Waals surface area contributed by atoms with Crippen molar-refractivity contribution >= 4 is 42.5 Å². The van der Waals surface area contributed by atoms with Crippen LogP contribution in [0, 0.1) is 6.92 Å². The summed E-state index contributed by atoms with van der Waals surface area (Å²) in [5, 5.41) is 5.34. The van der Waals surface area contributed by atoms with Gasteiger partial charge < -0.3 is 19.1 Å². The largest absolute Gasteiger partial charge is 0.491 e. The molecule has 228 valence electrons. The first-order chi connectivity index (χ1) is 21.4. The Hall–Kier alpha value is -3.77. The lowest BCUT2D eigenvalue weighted by Crippen LogP contribution is -2.36. The van der Waals surface area contributed by atoms with Gasteiger partial charge in [-0.05, 0) is 58.2 Å². The van der Waals surface area contributed by atoms with Crippen molar-refractivity contribution in [3.63, 3.8) is 0 Å². The number of anilines is 1. The van der Waals surface area contributed by atoms with Crippen molar-refractivity contribution in [2.75, 3.05) is 44.4 Å². The van der Waals surface area contributed by atoms with E-state index in [2.05, 4.69) is 30.9 Å². The third-order valence-electron chi connectivity index (χ3n) is 7.49. The van der Waals surface area contributed by atoms with Crippen LogP contribution < -0.4 is 9.64 Å². The maximum atomic E-state index is 13.8. The highest BCUT2D eigenvalue weighted by molar-refractivity contribution is 9.10. The molecule has 1 fully saturated rings. The van der Waals surface area contributed by atoms with Gasteiger partial charge in [-0.1, -0.05) is 54.6 Å². The first kappa shape index (κ1) is 30.3. The molecule has 44 heavy (non-hydrogen) atoms. The molecular weight excluding hydrogens is 644 g/mol. The summed E-state index contributed by atoms with van der Waals surface area (Å²) in [6, 6.07) is 24.7. The van der Waals surface area contributed by atoms with Crippen LogP contribution in [-0.2, 0) is 26.1 Å². The number of rotatable bonds is 11. The van der Waals surface area contributed by atoms with E-state index in [9.17, 15) is 8.42 Å². The van der Waals surface area contributed by atoms with E-state index in [0.717, 1.165) is 34.0 Å². The van der Waals surface area contributed by atoms with Gasteiger partial charge in [0.15, 0.2) is 0 Å². The van der Waals surface area contributed by atoms with E-state index in [1.807, 2.05) is 54.6 Å². The van der Waals surface area contributed by atoms with Crippen LogP contribution in [0.2, 0.25) is 0 Å². The second kappa shape index (κ2) is 13.5. The molecule has 0 aliphatic carbocycles. The second-order valence-electron chi connectivity index (χ2n) is 10.5. The minimum absolute atomic E-state index is 0.194. The predicted octanol–water partition coefficient (Wildman–Crippen LogP) is 6.23. The summed E-state index contributed by atoms with van der Waals surface area (Å²) in [6.45, 7) is 6.14. The number of aryl methyl sites for hydroxylation is 1. The van der Waals surface area contributed by atoms with Crippen LogP contribution in [0.4, 0.5) is 5.69 Å². The summed E-state index contributed by atoms with van der Waals surface area (Å²) in [5.74, 6) is 0.699. The van der Waals surface area contributed by atoms with E-state index >= 15 is 0 Å². The van der Waals surface area contributed by atoms with Gasteiger partial charge in [0.25, 0.3) is 10.0 Å². The summed E-state index contributed by atoms with van der Waals surface area (Å²) < 4.78 is 47.2. The summed E-state index contributed by atoms with van der Waals surface area (Å²) in [4.78, 5) is 6.76. The maximum Gasteiger partial charge on any atom is 0.283 e. The lowest BCUT2D eigenvalue weighted by atomic mass is 10.1. The van der Waals surface area contributed by atoms with E-state index < -0.39 is 10.0 Å². The Kier molecular flexibility index (Phi) is 9.27. The van der Waals surface area contributed by atoms with Crippen molar-refractivity contribution in [2.45, 2.75) is 24.8 Å². The monoisotopic (exact) mass is 676 g/mol. The number of aromatic nitrogens is 3. The van der Waals surface area contributed by atoms with Gasteiger partial charge in [-0.3, -0.25) is 0 Å². The minimum Gasteiger partial charge on any atom is -0.491 e. The Bertz CT molecular complexity index is 1860. The number of morpholine rings is 1. The fraction of sp³-hybridized carbons (Fsp3) is 0.273. The first-order valence-electron chi connectivity index (χ1n) is 14.5. The first-order valence-corrected chi connectivity index (χ1v) is 16.7. The van der Waals surface area contributed by atoms with Crippen LogP contribution in [0.25, 0.3) is 22.2 Å². The third kappa shape index (κ3) is 6.51. The molecule has 3 aromatic carbocycles. The molecule has 5 aromatic rings. The van der Waals surface area contributed by atoms with E-state index in [0.29, 0.717) is 72.0 Å². The standard InChI is InChI=1S/C33H33BrN4O5S/c1-24-8-5-6-11-31(24)44(39,40)38-29-22-35-32(34)21-27(29)33(36-38)26-12-13-28(37-14-18-41-19-15-37)30(20-26)43-17-7-16-42-23-25-9-3-2-4-10-25/h2-6,8-13,20-22H,7,14-19,23H2,1H3. The zero-order valence-corrected chi connectivity index (χ0v) is 26.8. The molecule has 0 N–H and O–H groups in total. The van der Waals surface area contributed by atoms with E-state index in [4.69, 9.17) is 14.2 Å². The van der Waals surface area contributed by atoms with Crippen LogP contribution >= 0.6 is 15.9 Å². The Morgan fingerprint density at radius 3 is 2.52 bits per heavy atom. The van der Waals surface area contributed by atoms with Crippen molar-refractivity contribution in [3.8, 4) is 17.0 Å². The number of nitrogens with zero attached hydrogens (tertiary/aromatic N) is 4. The highest BCUT2D eigenvalue weighted by Crippen LogP contribution is 2.37. The molecule has 1 aliphatic heterocycles. The summed E-state index contributed by atoms with van der Waals surface area (Å²) in [7, 11) is -3.99. The molecule has 0 unspecified atom stereocenters. The fourth-order valence-electron chi connectivity index (χ4n) is 5.25. The normalized spacial score (nSPS) is 13.8. The number of hydrogen-bond donors (Lipinski definition) is 0. The van der Waals surface area contributed by atoms with Crippen molar-refractivity contribution in [1.82, 2.24) is 14.2 Å². The average Bonchev–Trinajstić information content (AvgIpc) is 3.43. The number of pyridine rings is 1. The number of hydrogen-bond acceptors (Lipinski definition) is 8. The van der Waals surface area contributed by atoms with E-state index in [1.54, 1.807) is 31.2 Å². The van der Waals surface area contributed by atoms with Gasteiger partial charge in [-0.25, -0.2) is 4.98 Å². The number of halogens is 1. The van der Waals surface area contributed by atoms with Gasteiger partial charge in [0, 0.05) is 30.5 Å². The third-order valence-corrected chi connectivity index (χ3v) is 9.67. The molecule has 0 bridgehead atoms. The Morgan fingerprint density at radius 2 is 1.73 bits per heavy atom. The molecular formula is C33H33BrN4O5S. The van der Waals surface area contributed by atoms with Crippen LogP contribution in [0.3, 0.4) is 0 Å². The van der Waals surface area contributed by atoms with Crippen molar-refractivity contribution < 1.29 is 22.6 Å². The molecule has 2 aromatic heterocycles. The van der Waals surface area contributed by atoms with Gasteiger partial charge in [-0.2, -0.15) is 17.6 Å². The van der Waals surface area contributed by atoms with Gasteiger partial charge in [-0.15, -0.1) is 0 Å². The van der Waals surface area contributed by atoms with Crippen LogP contribution in [0.15, 0.2) is 94.6 Å². The topological polar surface area (TPSA) is 95.8 Å². The average molecular weight is 678 g/mol. The van der Waals surface area contributed by atoms with Gasteiger partial charge >= 0.3 is 0 Å². The molecule has 3 heterocycles. The molecule has 0 amide bonds. The molecule has 1 saturated heterocycles. The molecule has 1 aliphatic rings. The zero-order chi connectivity index (χ0) is 30.5. The lowest BCUT2D eigenvalue weighted by Gasteiger charge is -2.30. The predicted molar refractivity (Wildman–Crippen MR) is 174 cm³/mol. The van der Waals surface area contributed by atoms with Gasteiger partial charge in [0.05, 0.1) is 49.8 Å². The number of ether oxygens (including phenoxy) is 3. The molecule has 9 nitrogen and oxygen atoms in total. The van der Waals surface area contributed by atoms with Crippen molar-refractivity contribution in [1.29, 1.82) is 0 Å². The van der Waals surface area contributed by atoms with Gasteiger partial charge in [0.2, 0.25) is 0 Å². The maximum absolute atomic E-state index is 13.8. The van der Waals surface area contributed by atoms with Crippen LogP contribution in [-0.4, -0.2) is 62.1 Å². The Balaban J connectivity index is 1.31. The molecule has 0 saturated carbocycles. The second-order valence-corrected chi connectivity index (χ2v) is 13.1. The SMILES string of the molecule is Cc1ccccc1S(=O)(=O)n1nc(-c2ccc(N3CCOCC3)c(OCCCOCc3ccccc3)c2)c2cc(Br)ncc21. The minimum atomic E-state index is -3.99. The van der Waals surface area contributed by atoms with E-state index in [1.165, 1.54) is 6.20 Å². The summed E-state index contributed by atoms with van der Waals surface area (Å²) >= 11 is 3.45. The fourth-order valence-corrected chi connectivity index (χ4v) is 7.09. The van der Waals surface area contributed by atoms with E-state index in [-0.39, 0.29) is 4.90 Å². The quantitative estimate of drug-likeness (QED) is 0.120. The van der Waals surface area contributed by atoms with Crippen LogP contribution in [0.1, 0.15) is 17.5 Å². The van der Waals surface area contributed by atoms with Crippen molar-refractivity contribution in [2.24, 2.45) is 0 Å². The zero-order valence-electron chi connectivity index (χ0n) is 24.4. The summed E-state index contributed by atoms with van der Waals surface area (Å²) in [5.41, 5.74) is 4.38. The smallest absolute Gasteiger partial charge is 0.283 e. The van der Waals surface area contributed by atoms with Crippen molar-refractivity contribution in [3.05, 3.63) is 101 Å². The molecule has 0 spiro atoms. The van der Waals surface area contributed by atoms with Gasteiger partial charge in [0.1, 0.15) is 21.6 Å². The molecule has 0 atom stereocenters. The number of benzene rings is 3. The highest BCUT2D eigenvalue weighted by atomic mass is 79.9. The number of fused-ring (bicyclic) bond motifs is 1. The Labute approximate surface area is 265 Å². The Morgan fingerprint density at radius 1 is 0.955 bits per heavy atom. The summed E-state index contributed by atoms with van der Waals surface area (Å²) in [6.07, 6.45) is 2.24. The molecule has 0 radical (unpaired) electrons. The lowest BCUT2D eigenvalue weighted by molar-refractivity contribution is 0.107. The molecule has 6 rings (SSSR count). The molecule has 11 heteroatoms. The highest BCUT2D eigenvalue weighted by Gasteiger charge is 2.26. The van der Waals surface area contributed by atoms with Crippen LogP contribution in [0.5, 0.6) is 5.75 Å².